The zero-order valence-electron chi connectivity index (χ0n) is 11.3. The van der Waals surface area contributed by atoms with Gasteiger partial charge in [0.2, 0.25) is 0 Å². The summed E-state index contributed by atoms with van der Waals surface area (Å²) >= 11 is 0. The van der Waals surface area contributed by atoms with Crippen LogP contribution in [0.1, 0.15) is 28.9 Å². The van der Waals surface area contributed by atoms with Gasteiger partial charge in [-0.15, -0.1) is 0 Å². The summed E-state index contributed by atoms with van der Waals surface area (Å²) in [6.07, 6.45) is 6.83. The smallest absolute Gasteiger partial charge is 0.257 e. The van der Waals surface area contributed by atoms with Crippen LogP contribution in [0.3, 0.4) is 0 Å². The van der Waals surface area contributed by atoms with Gasteiger partial charge < -0.3 is 15.2 Å². The minimum atomic E-state index is -0.289. The van der Waals surface area contributed by atoms with E-state index in [9.17, 15) is 4.79 Å². The highest BCUT2D eigenvalue weighted by Crippen LogP contribution is 2.25. The van der Waals surface area contributed by atoms with E-state index in [-0.39, 0.29) is 5.91 Å². The number of rotatable bonds is 3. The molecule has 0 aliphatic carbocycles. The van der Waals surface area contributed by atoms with Crippen molar-refractivity contribution < 1.29 is 4.79 Å². The molecule has 7 heteroatoms. The Morgan fingerprint density at radius 3 is 2.95 bits per heavy atom. The van der Waals surface area contributed by atoms with Crippen LogP contribution in [-0.4, -0.2) is 33.9 Å². The van der Waals surface area contributed by atoms with Crippen LogP contribution >= 0.6 is 0 Å². The van der Waals surface area contributed by atoms with Gasteiger partial charge in [0.05, 0.1) is 11.8 Å². The van der Waals surface area contributed by atoms with Crippen molar-refractivity contribution in [2.24, 2.45) is 0 Å². The quantitative estimate of drug-likeness (QED) is 0.889. The Hall–Kier alpha value is -2.88. The molecule has 0 bridgehead atoms. The lowest BCUT2D eigenvalue weighted by molar-refractivity contribution is 0.102. The van der Waals surface area contributed by atoms with Gasteiger partial charge in [0.15, 0.2) is 5.82 Å². The molecule has 1 saturated heterocycles. The van der Waals surface area contributed by atoms with Crippen molar-refractivity contribution in [3.8, 4) is 6.07 Å². The predicted octanol–water partition coefficient (Wildman–Crippen LogP) is 1.53. The lowest BCUT2D eigenvalue weighted by atomic mass is 10.3. The summed E-state index contributed by atoms with van der Waals surface area (Å²) in [5, 5.41) is 11.6. The summed E-state index contributed by atoms with van der Waals surface area (Å²) in [5.74, 6) is 0.454. The number of amides is 1. The van der Waals surface area contributed by atoms with Gasteiger partial charge in [0.1, 0.15) is 23.8 Å². The number of aromatic amines is 1. The van der Waals surface area contributed by atoms with Crippen LogP contribution in [0.4, 0.5) is 11.5 Å². The van der Waals surface area contributed by atoms with Crippen LogP contribution in [0.25, 0.3) is 0 Å². The van der Waals surface area contributed by atoms with Gasteiger partial charge in [-0.2, -0.15) is 5.26 Å². The van der Waals surface area contributed by atoms with Gasteiger partial charge in [-0.05, 0) is 18.9 Å². The van der Waals surface area contributed by atoms with Crippen LogP contribution in [0.2, 0.25) is 0 Å². The van der Waals surface area contributed by atoms with E-state index < -0.39 is 0 Å². The molecule has 0 spiro atoms. The third-order valence-electron chi connectivity index (χ3n) is 3.41. The molecule has 21 heavy (non-hydrogen) atoms. The lowest BCUT2D eigenvalue weighted by Gasteiger charge is -2.19. The molecule has 0 saturated carbocycles. The van der Waals surface area contributed by atoms with Crippen molar-refractivity contribution in [1.82, 2.24) is 15.0 Å². The standard InChI is InChI=1S/C14H14N6O/c15-6-11-5-10(7-17-11)14(21)19-12-8-16-9-18-13(12)20-3-1-2-4-20/h5,7-9,17H,1-4H2,(H,19,21). The average molecular weight is 282 g/mol. The molecule has 0 unspecified atom stereocenters. The number of carbonyl (C=O) groups is 1. The van der Waals surface area contributed by atoms with E-state index in [2.05, 4.69) is 25.2 Å². The van der Waals surface area contributed by atoms with Crippen molar-refractivity contribution in [3.63, 3.8) is 0 Å². The van der Waals surface area contributed by atoms with Gasteiger partial charge in [-0.25, -0.2) is 9.97 Å². The maximum Gasteiger partial charge on any atom is 0.257 e. The highest BCUT2D eigenvalue weighted by Gasteiger charge is 2.19. The lowest BCUT2D eigenvalue weighted by Crippen LogP contribution is -2.22. The second kappa shape index (κ2) is 5.63. The predicted molar refractivity (Wildman–Crippen MR) is 76.9 cm³/mol. The molecule has 0 aromatic carbocycles. The summed E-state index contributed by atoms with van der Waals surface area (Å²) in [7, 11) is 0. The second-order valence-corrected chi connectivity index (χ2v) is 4.82. The highest BCUT2D eigenvalue weighted by atomic mass is 16.1. The van der Waals surface area contributed by atoms with Crippen LogP contribution in [0.5, 0.6) is 0 Å². The summed E-state index contributed by atoms with van der Waals surface area (Å²) in [5.41, 5.74) is 1.34. The molecule has 3 rings (SSSR count). The van der Waals surface area contributed by atoms with Crippen molar-refractivity contribution in [1.29, 1.82) is 5.26 Å². The van der Waals surface area contributed by atoms with Crippen LogP contribution in [0.15, 0.2) is 24.8 Å². The Morgan fingerprint density at radius 1 is 1.43 bits per heavy atom. The summed E-state index contributed by atoms with van der Waals surface area (Å²) in [6, 6.07) is 3.46. The maximum atomic E-state index is 12.2. The number of hydrogen-bond acceptors (Lipinski definition) is 5. The number of nitriles is 1. The van der Waals surface area contributed by atoms with Crippen LogP contribution in [-0.2, 0) is 0 Å². The molecule has 1 amide bonds. The maximum absolute atomic E-state index is 12.2. The second-order valence-electron chi connectivity index (χ2n) is 4.82. The first kappa shape index (κ1) is 13.1. The third-order valence-corrected chi connectivity index (χ3v) is 3.41. The fourth-order valence-corrected chi connectivity index (χ4v) is 2.38. The first-order chi connectivity index (χ1) is 10.3. The molecular weight excluding hydrogens is 268 g/mol. The number of anilines is 2. The Labute approximate surface area is 121 Å². The topological polar surface area (TPSA) is 97.7 Å². The average Bonchev–Trinajstić information content (AvgIpc) is 3.19. The summed E-state index contributed by atoms with van der Waals surface area (Å²) in [4.78, 5) is 25.3. The van der Waals surface area contributed by atoms with Gasteiger partial charge in [-0.3, -0.25) is 4.79 Å². The van der Waals surface area contributed by atoms with E-state index in [1.54, 1.807) is 6.20 Å². The number of aromatic nitrogens is 3. The van der Waals surface area contributed by atoms with E-state index >= 15 is 0 Å². The van der Waals surface area contributed by atoms with Crippen molar-refractivity contribution in [2.45, 2.75) is 12.8 Å². The Balaban J connectivity index is 1.81. The van der Waals surface area contributed by atoms with Crippen molar-refractivity contribution >= 4 is 17.4 Å². The van der Waals surface area contributed by atoms with Gasteiger partial charge in [-0.1, -0.05) is 0 Å². The zero-order valence-corrected chi connectivity index (χ0v) is 11.3. The van der Waals surface area contributed by atoms with E-state index in [0.717, 1.165) is 31.7 Å². The van der Waals surface area contributed by atoms with E-state index in [1.165, 1.54) is 18.6 Å². The van der Waals surface area contributed by atoms with Gasteiger partial charge in [0, 0.05) is 19.3 Å². The van der Waals surface area contributed by atoms with Crippen LogP contribution in [0, 0.1) is 11.3 Å². The highest BCUT2D eigenvalue weighted by molar-refractivity contribution is 6.05. The van der Waals surface area contributed by atoms with E-state index in [1.807, 2.05) is 6.07 Å². The molecular formula is C14H14N6O. The van der Waals surface area contributed by atoms with E-state index in [4.69, 9.17) is 5.26 Å². The fourth-order valence-electron chi connectivity index (χ4n) is 2.38. The SMILES string of the molecule is N#Cc1cc(C(=O)Nc2cncnc2N2CCCC2)c[nH]1. The van der Waals surface area contributed by atoms with Gasteiger partial charge in [0.25, 0.3) is 5.91 Å². The molecule has 0 radical (unpaired) electrons. The molecule has 0 atom stereocenters. The summed E-state index contributed by atoms with van der Waals surface area (Å²) < 4.78 is 0. The number of H-pyrrole nitrogens is 1. The van der Waals surface area contributed by atoms with Crippen molar-refractivity contribution in [2.75, 3.05) is 23.3 Å². The minimum absolute atomic E-state index is 0.289. The molecule has 1 aliphatic rings. The monoisotopic (exact) mass is 282 g/mol. The molecule has 106 valence electrons. The molecule has 2 aromatic heterocycles. The third kappa shape index (κ3) is 2.69. The van der Waals surface area contributed by atoms with Crippen molar-refractivity contribution in [3.05, 3.63) is 36.0 Å². The Morgan fingerprint density at radius 2 is 2.24 bits per heavy atom. The zero-order chi connectivity index (χ0) is 14.7. The Bertz CT molecular complexity index is 695. The molecule has 3 heterocycles. The minimum Gasteiger partial charge on any atom is -0.355 e. The van der Waals surface area contributed by atoms with Gasteiger partial charge >= 0.3 is 0 Å². The normalized spacial score (nSPS) is 14.0. The molecule has 2 N–H and O–H groups in total. The first-order valence-corrected chi connectivity index (χ1v) is 6.73. The molecule has 1 fully saturated rings. The largest absolute Gasteiger partial charge is 0.355 e. The Kier molecular flexibility index (Phi) is 3.51. The number of nitrogens with one attached hydrogen (secondary N) is 2. The summed E-state index contributed by atoms with van der Waals surface area (Å²) in [6.45, 7) is 1.87. The molecule has 2 aromatic rings. The molecule has 1 aliphatic heterocycles. The fraction of sp³-hybridized carbons (Fsp3) is 0.286. The van der Waals surface area contributed by atoms with Crippen LogP contribution < -0.4 is 10.2 Å². The number of nitrogens with zero attached hydrogens (tertiary/aromatic N) is 4. The molecule has 7 nitrogen and oxygen atoms in total. The number of hydrogen-bond donors (Lipinski definition) is 2. The van der Waals surface area contributed by atoms with E-state index in [0.29, 0.717) is 16.9 Å². The first-order valence-electron chi connectivity index (χ1n) is 6.73. The number of carbonyl (C=O) groups excluding carboxylic acids is 1.